The van der Waals surface area contributed by atoms with Gasteiger partial charge in [0.15, 0.2) is 0 Å². The van der Waals surface area contributed by atoms with E-state index in [1.807, 2.05) is 0 Å². The molecule has 0 saturated carbocycles. The van der Waals surface area contributed by atoms with E-state index in [0.717, 1.165) is 31.2 Å². The van der Waals surface area contributed by atoms with Crippen molar-refractivity contribution in [2.45, 2.75) is 46.0 Å². The molecule has 1 heterocycles. The van der Waals surface area contributed by atoms with E-state index in [9.17, 15) is 0 Å². The molecule has 1 aromatic carbocycles. The van der Waals surface area contributed by atoms with Crippen LogP contribution in [0.25, 0.3) is 0 Å². The zero-order valence-electron chi connectivity index (χ0n) is 13.3. The normalized spacial score (nSPS) is 18.9. The van der Waals surface area contributed by atoms with E-state index in [-0.39, 0.29) is 0 Å². The SMILES string of the molecule is CC[C@H](C)c1ccccc1OCCN1CCC(C)CC1. The molecule has 1 fully saturated rings. The lowest BCUT2D eigenvalue weighted by molar-refractivity contribution is 0.160. The first kappa shape index (κ1) is 15.4. The number of hydrogen-bond acceptors (Lipinski definition) is 2. The standard InChI is InChI=1S/C18H29NO/c1-4-16(3)17-7-5-6-8-18(17)20-14-13-19-11-9-15(2)10-12-19/h5-8,15-16H,4,9-14H2,1-3H3/t16-/m0/s1. The summed E-state index contributed by atoms with van der Waals surface area (Å²) >= 11 is 0. The molecule has 0 N–H and O–H groups in total. The molecule has 1 aliphatic heterocycles. The van der Waals surface area contributed by atoms with E-state index >= 15 is 0 Å². The number of nitrogens with zero attached hydrogens (tertiary/aromatic N) is 1. The van der Waals surface area contributed by atoms with Gasteiger partial charge in [-0.25, -0.2) is 0 Å². The zero-order valence-corrected chi connectivity index (χ0v) is 13.3. The zero-order chi connectivity index (χ0) is 14.4. The van der Waals surface area contributed by atoms with Crippen molar-refractivity contribution in [3.8, 4) is 5.75 Å². The summed E-state index contributed by atoms with van der Waals surface area (Å²) in [7, 11) is 0. The fourth-order valence-corrected chi connectivity index (χ4v) is 2.81. The molecule has 1 atom stereocenters. The smallest absolute Gasteiger partial charge is 0.122 e. The van der Waals surface area contributed by atoms with Gasteiger partial charge in [-0.3, -0.25) is 4.90 Å². The van der Waals surface area contributed by atoms with Gasteiger partial charge < -0.3 is 4.74 Å². The Labute approximate surface area is 124 Å². The van der Waals surface area contributed by atoms with Crippen LogP contribution >= 0.6 is 0 Å². The third-order valence-electron chi connectivity index (χ3n) is 4.60. The topological polar surface area (TPSA) is 12.5 Å². The molecular weight excluding hydrogens is 246 g/mol. The predicted octanol–water partition coefficient (Wildman–Crippen LogP) is 4.31. The average Bonchev–Trinajstić information content (AvgIpc) is 2.49. The first-order valence-corrected chi connectivity index (χ1v) is 8.14. The minimum Gasteiger partial charge on any atom is -0.492 e. The van der Waals surface area contributed by atoms with Crippen molar-refractivity contribution in [1.29, 1.82) is 0 Å². The lowest BCUT2D eigenvalue weighted by atomic mass is 9.98. The van der Waals surface area contributed by atoms with Crippen molar-refractivity contribution >= 4 is 0 Å². The molecule has 0 bridgehead atoms. The molecule has 1 aliphatic rings. The highest BCUT2D eigenvalue weighted by molar-refractivity contribution is 5.35. The second kappa shape index (κ2) is 7.68. The Hall–Kier alpha value is -1.02. The summed E-state index contributed by atoms with van der Waals surface area (Å²) in [6.07, 6.45) is 3.83. The van der Waals surface area contributed by atoms with Gasteiger partial charge in [-0.15, -0.1) is 0 Å². The molecule has 1 saturated heterocycles. The molecule has 0 unspecified atom stereocenters. The maximum absolute atomic E-state index is 6.05. The summed E-state index contributed by atoms with van der Waals surface area (Å²) in [5.74, 6) is 2.55. The lowest BCUT2D eigenvalue weighted by Crippen LogP contribution is -2.35. The lowest BCUT2D eigenvalue weighted by Gasteiger charge is -2.30. The number of rotatable bonds is 6. The molecular formula is C18H29NO. The fraction of sp³-hybridized carbons (Fsp3) is 0.667. The Balaban J connectivity index is 1.82. The Morgan fingerprint density at radius 1 is 1.25 bits per heavy atom. The summed E-state index contributed by atoms with van der Waals surface area (Å²) in [6, 6.07) is 8.50. The van der Waals surface area contributed by atoms with Gasteiger partial charge in [0.1, 0.15) is 12.4 Å². The van der Waals surface area contributed by atoms with E-state index in [2.05, 4.69) is 49.9 Å². The van der Waals surface area contributed by atoms with Crippen LogP contribution in [0.1, 0.15) is 51.5 Å². The van der Waals surface area contributed by atoms with Gasteiger partial charge in [-0.1, -0.05) is 39.0 Å². The van der Waals surface area contributed by atoms with Gasteiger partial charge in [0.25, 0.3) is 0 Å². The van der Waals surface area contributed by atoms with Crippen LogP contribution in [0.15, 0.2) is 24.3 Å². The highest BCUT2D eigenvalue weighted by atomic mass is 16.5. The van der Waals surface area contributed by atoms with Gasteiger partial charge in [0.05, 0.1) is 0 Å². The molecule has 0 spiro atoms. The number of likely N-dealkylation sites (tertiary alicyclic amines) is 1. The van der Waals surface area contributed by atoms with Crippen LogP contribution in [-0.2, 0) is 0 Å². The van der Waals surface area contributed by atoms with Crippen LogP contribution < -0.4 is 4.74 Å². The Morgan fingerprint density at radius 2 is 1.95 bits per heavy atom. The van der Waals surface area contributed by atoms with Crippen LogP contribution in [0.3, 0.4) is 0 Å². The molecule has 1 aromatic rings. The largest absolute Gasteiger partial charge is 0.492 e. The highest BCUT2D eigenvalue weighted by Crippen LogP contribution is 2.28. The average molecular weight is 275 g/mol. The number of piperidine rings is 1. The van der Waals surface area contributed by atoms with E-state index in [4.69, 9.17) is 4.74 Å². The monoisotopic (exact) mass is 275 g/mol. The molecule has 0 aromatic heterocycles. The second-order valence-electron chi connectivity index (χ2n) is 6.22. The van der Waals surface area contributed by atoms with Gasteiger partial charge >= 0.3 is 0 Å². The van der Waals surface area contributed by atoms with Crippen LogP contribution in [0.4, 0.5) is 0 Å². The molecule has 0 amide bonds. The van der Waals surface area contributed by atoms with Gasteiger partial charge in [0, 0.05) is 6.54 Å². The number of ether oxygens (including phenoxy) is 1. The van der Waals surface area contributed by atoms with Crippen molar-refractivity contribution in [3.63, 3.8) is 0 Å². The first-order valence-electron chi connectivity index (χ1n) is 8.14. The van der Waals surface area contributed by atoms with Crippen LogP contribution in [-0.4, -0.2) is 31.1 Å². The minimum atomic E-state index is 0.571. The Kier molecular flexibility index (Phi) is 5.90. The van der Waals surface area contributed by atoms with Crippen LogP contribution in [0.5, 0.6) is 5.75 Å². The minimum absolute atomic E-state index is 0.571. The van der Waals surface area contributed by atoms with Crippen LogP contribution in [0.2, 0.25) is 0 Å². The predicted molar refractivity (Wildman–Crippen MR) is 85.5 cm³/mol. The summed E-state index contributed by atoms with van der Waals surface area (Å²) in [4.78, 5) is 2.53. The van der Waals surface area contributed by atoms with E-state index in [1.165, 1.54) is 31.5 Å². The van der Waals surface area contributed by atoms with E-state index < -0.39 is 0 Å². The molecule has 2 nitrogen and oxygen atoms in total. The molecule has 0 radical (unpaired) electrons. The van der Waals surface area contributed by atoms with Crippen LogP contribution in [0, 0.1) is 5.92 Å². The molecule has 20 heavy (non-hydrogen) atoms. The summed E-state index contributed by atoms with van der Waals surface area (Å²) in [5.41, 5.74) is 1.35. The quantitative estimate of drug-likeness (QED) is 0.767. The third kappa shape index (κ3) is 4.24. The maximum Gasteiger partial charge on any atom is 0.122 e. The number of hydrogen-bond donors (Lipinski definition) is 0. The third-order valence-corrected chi connectivity index (χ3v) is 4.60. The van der Waals surface area contributed by atoms with E-state index in [1.54, 1.807) is 0 Å². The van der Waals surface area contributed by atoms with Crippen molar-refractivity contribution in [1.82, 2.24) is 4.90 Å². The second-order valence-corrected chi connectivity index (χ2v) is 6.22. The number of para-hydroxylation sites is 1. The molecule has 2 heteroatoms. The highest BCUT2D eigenvalue weighted by Gasteiger charge is 2.15. The Morgan fingerprint density at radius 3 is 2.65 bits per heavy atom. The maximum atomic E-state index is 6.05. The van der Waals surface area contributed by atoms with Crippen molar-refractivity contribution < 1.29 is 4.74 Å². The van der Waals surface area contributed by atoms with Gasteiger partial charge in [0.2, 0.25) is 0 Å². The van der Waals surface area contributed by atoms with Crippen molar-refractivity contribution in [2.75, 3.05) is 26.2 Å². The van der Waals surface area contributed by atoms with Gasteiger partial charge in [-0.05, 0) is 55.8 Å². The number of benzene rings is 1. The fourth-order valence-electron chi connectivity index (χ4n) is 2.81. The van der Waals surface area contributed by atoms with Crippen molar-refractivity contribution in [2.24, 2.45) is 5.92 Å². The van der Waals surface area contributed by atoms with Gasteiger partial charge in [-0.2, -0.15) is 0 Å². The Bertz CT molecular complexity index is 396. The summed E-state index contributed by atoms with van der Waals surface area (Å²) in [5, 5.41) is 0. The molecule has 0 aliphatic carbocycles. The summed E-state index contributed by atoms with van der Waals surface area (Å²) < 4.78 is 6.05. The first-order chi connectivity index (χ1) is 9.70. The van der Waals surface area contributed by atoms with Crippen molar-refractivity contribution in [3.05, 3.63) is 29.8 Å². The van der Waals surface area contributed by atoms with E-state index in [0.29, 0.717) is 5.92 Å². The molecule has 112 valence electrons. The molecule has 2 rings (SSSR count). The summed E-state index contributed by atoms with van der Waals surface area (Å²) in [6.45, 7) is 11.2.